The number of carbonyl (C=O) groups excluding carboxylic acids is 1. The van der Waals surface area contributed by atoms with Gasteiger partial charge in [-0.05, 0) is 79.9 Å². The van der Waals surface area contributed by atoms with Crippen molar-refractivity contribution in [3.05, 3.63) is 95.6 Å². The zero-order valence-electron chi connectivity index (χ0n) is 17.9. The number of benzene rings is 3. The summed E-state index contributed by atoms with van der Waals surface area (Å²) in [5.74, 6) is 1.04. The van der Waals surface area contributed by atoms with Crippen LogP contribution in [-0.4, -0.2) is 24.0 Å². The Balaban J connectivity index is 1.43. The maximum atomic E-state index is 13.1. The van der Waals surface area contributed by atoms with Crippen molar-refractivity contribution in [3.8, 4) is 0 Å². The third-order valence-corrected chi connectivity index (χ3v) is 5.94. The summed E-state index contributed by atoms with van der Waals surface area (Å²) >= 11 is 0. The fourth-order valence-electron chi connectivity index (χ4n) is 4.31. The zero-order chi connectivity index (χ0) is 21.4. The molecule has 1 aliphatic rings. The predicted molar refractivity (Wildman–Crippen MR) is 127 cm³/mol. The lowest BCUT2D eigenvalue weighted by Gasteiger charge is -2.22. The van der Waals surface area contributed by atoms with Gasteiger partial charge in [0.05, 0.1) is 5.52 Å². The number of pyridine rings is 1. The quantitative estimate of drug-likeness (QED) is 0.422. The molecule has 0 spiro atoms. The zero-order valence-corrected chi connectivity index (χ0v) is 17.9. The normalized spacial score (nSPS) is 12.8. The third-order valence-electron chi connectivity index (χ3n) is 5.94. The van der Waals surface area contributed by atoms with Gasteiger partial charge < -0.3 is 9.80 Å². The minimum absolute atomic E-state index is 0.0154. The number of hydrogen-bond acceptors (Lipinski definition) is 3. The van der Waals surface area contributed by atoms with Crippen molar-refractivity contribution in [2.24, 2.45) is 0 Å². The minimum atomic E-state index is 0.0154. The Hall–Kier alpha value is -3.66. The van der Waals surface area contributed by atoms with Crippen LogP contribution in [0.5, 0.6) is 0 Å². The molecule has 0 fully saturated rings. The second kappa shape index (κ2) is 7.88. The van der Waals surface area contributed by atoms with Crippen LogP contribution in [0.1, 0.15) is 28.4 Å². The highest BCUT2D eigenvalue weighted by molar-refractivity contribution is 6.06. The van der Waals surface area contributed by atoms with Crippen LogP contribution in [0.3, 0.4) is 0 Å². The lowest BCUT2D eigenvalue weighted by atomic mass is 10.1. The number of fused-ring (bicyclic) bond motifs is 2. The molecule has 0 N–H and O–H groups in total. The Kier molecular flexibility index (Phi) is 4.91. The summed E-state index contributed by atoms with van der Waals surface area (Å²) in [4.78, 5) is 22.1. The molecule has 0 unspecified atom stereocenters. The molecule has 4 aromatic rings. The van der Waals surface area contributed by atoms with E-state index in [-0.39, 0.29) is 5.91 Å². The SMILES string of the molecule is CCN(C(=O)c1ccc(N2CCc3cc4ccc(C)cc4nc32)cc1)c1ccccc1. The first-order chi connectivity index (χ1) is 15.1. The number of amides is 1. The lowest BCUT2D eigenvalue weighted by molar-refractivity contribution is 0.0988. The molecule has 1 amide bonds. The maximum absolute atomic E-state index is 13.1. The van der Waals surface area contributed by atoms with Gasteiger partial charge in [0, 0.05) is 35.4 Å². The summed E-state index contributed by atoms with van der Waals surface area (Å²) in [7, 11) is 0. The maximum Gasteiger partial charge on any atom is 0.258 e. The highest BCUT2D eigenvalue weighted by Crippen LogP contribution is 2.35. The van der Waals surface area contributed by atoms with E-state index in [1.165, 1.54) is 16.5 Å². The second-order valence-corrected chi connectivity index (χ2v) is 8.00. The number of nitrogens with zero attached hydrogens (tertiary/aromatic N) is 3. The first kappa shape index (κ1) is 19.3. The number of para-hydroxylation sites is 1. The third kappa shape index (κ3) is 3.55. The van der Waals surface area contributed by atoms with Gasteiger partial charge in [0.15, 0.2) is 0 Å². The van der Waals surface area contributed by atoms with Gasteiger partial charge in [-0.15, -0.1) is 0 Å². The molecular weight excluding hydrogens is 382 g/mol. The Morgan fingerprint density at radius 1 is 1.00 bits per heavy atom. The molecule has 0 atom stereocenters. The lowest BCUT2D eigenvalue weighted by Crippen LogP contribution is -2.30. The Bertz CT molecular complexity index is 1250. The highest BCUT2D eigenvalue weighted by atomic mass is 16.2. The van der Waals surface area contributed by atoms with E-state index in [4.69, 9.17) is 4.98 Å². The molecule has 0 bridgehead atoms. The molecule has 2 heterocycles. The van der Waals surface area contributed by atoms with Crippen LogP contribution in [0.25, 0.3) is 10.9 Å². The molecule has 1 aromatic heterocycles. The minimum Gasteiger partial charge on any atom is -0.326 e. The molecule has 4 nitrogen and oxygen atoms in total. The van der Waals surface area contributed by atoms with E-state index in [0.717, 1.165) is 35.7 Å². The topological polar surface area (TPSA) is 36.4 Å². The number of anilines is 3. The highest BCUT2D eigenvalue weighted by Gasteiger charge is 2.23. The average Bonchev–Trinajstić information content (AvgIpc) is 3.21. The van der Waals surface area contributed by atoms with Gasteiger partial charge in [-0.3, -0.25) is 4.79 Å². The summed E-state index contributed by atoms with van der Waals surface area (Å²) < 4.78 is 0. The Morgan fingerprint density at radius 2 is 1.77 bits per heavy atom. The molecule has 0 saturated heterocycles. The van der Waals surface area contributed by atoms with E-state index in [0.29, 0.717) is 12.1 Å². The van der Waals surface area contributed by atoms with Crippen LogP contribution in [0.2, 0.25) is 0 Å². The van der Waals surface area contributed by atoms with Crippen molar-refractivity contribution in [2.45, 2.75) is 20.3 Å². The summed E-state index contributed by atoms with van der Waals surface area (Å²) in [6.07, 6.45) is 0.977. The van der Waals surface area contributed by atoms with Crippen molar-refractivity contribution < 1.29 is 4.79 Å². The number of rotatable bonds is 4. The molecule has 31 heavy (non-hydrogen) atoms. The van der Waals surface area contributed by atoms with E-state index in [2.05, 4.69) is 36.1 Å². The van der Waals surface area contributed by atoms with E-state index in [9.17, 15) is 4.79 Å². The smallest absolute Gasteiger partial charge is 0.258 e. The summed E-state index contributed by atoms with van der Waals surface area (Å²) in [5, 5.41) is 1.19. The standard InChI is InChI=1S/C27H25N3O/c1-3-29(23-7-5-4-6-8-23)27(31)20-11-13-24(14-12-20)30-16-15-22-18-21-10-9-19(2)17-25(21)28-26(22)30/h4-14,17-18H,3,15-16H2,1-2H3. The average molecular weight is 408 g/mol. The van der Waals surface area contributed by atoms with Crippen molar-refractivity contribution in [1.29, 1.82) is 0 Å². The largest absolute Gasteiger partial charge is 0.326 e. The fraction of sp³-hybridized carbons (Fsp3) is 0.185. The summed E-state index contributed by atoms with van der Waals surface area (Å²) in [6, 6.07) is 26.4. The molecule has 5 rings (SSSR count). The first-order valence-corrected chi connectivity index (χ1v) is 10.8. The Morgan fingerprint density at radius 3 is 2.52 bits per heavy atom. The number of hydrogen-bond donors (Lipinski definition) is 0. The monoisotopic (exact) mass is 407 g/mol. The second-order valence-electron chi connectivity index (χ2n) is 8.00. The van der Waals surface area contributed by atoms with Gasteiger partial charge in [0.25, 0.3) is 5.91 Å². The predicted octanol–water partition coefficient (Wildman–Crippen LogP) is 5.90. The van der Waals surface area contributed by atoms with Crippen molar-refractivity contribution in [1.82, 2.24) is 4.98 Å². The Labute approximate surface area is 182 Å². The molecular formula is C27H25N3O. The van der Waals surface area contributed by atoms with Gasteiger partial charge in [-0.2, -0.15) is 0 Å². The van der Waals surface area contributed by atoms with Crippen LogP contribution in [0.15, 0.2) is 78.9 Å². The molecule has 4 heteroatoms. The van der Waals surface area contributed by atoms with Gasteiger partial charge in [-0.1, -0.05) is 30.3 Å². The van der Waals surface area contributed by atoms with Crippen LogP contribution >= 0.6 is 0 Å². The first-order valence-electron chi connectivity index (χ1n) is 10.8. The van der Waals surface area contributed by atoms with Crippen molar-refractivity contribution in [2.75, 3.05) is 22.9 Å². The molecule has 0 radical (unpaired) electrons. The van der Waals surface area contributed by atoms with Crippen LogP contribution < -0.4 is 9.80 Å². The number of aromatic nitrogens is 1. The molecule has 0 saturated carbocycles. The fourth-order valence-corrected chi connectivity index (χ4v) is 4.31. The van der Waals surface area contributed by atoms with E-state index in [1.807, 2.05) is 61.5 Å². The van der Waals surface area contributed by atoms with Gasteiger partial charge in [0.1, 0.15) is 5.82 Å². The van der Waals surface area contributed by atoms with E-state index < -0.39 is 0 Å². The van der Waals surface area contributed by atoms with Crippen molar-refractivity contribution in [3.63, 3.8) is 0 Å². The molecule has 3 aromatic carbocycles. The number of aryl methyl sites for hydroxylation is 1. The molecule has 0 aliphatic carbocycles. The molecule has 154 valence electrons. The van der Waals surface area contributed by atoms with Crippen LogP contribution in [-0.2, 0) is 6.42 Å². The van der Waals surface area contributed by atoms with Gasteiger partial charge in [-0.25, -0.2) is 4.98 Å². The van der Waals surface area contributed by atoms with E-state index in [1.54, 1.807) is 4.90 Å². The summed E-state index contributed by atoms with van der Waals surface area (Å²) in [5.41, 5.74) is 6.19. The van der Waals surface area contributed by atoms with Crippen LogP contribution in [0, 0.1) is 6.92 Å². The van der Waals surface area contributed by atoms with E-state index >= 15 is 0 Å². The number of carbonyl (C=O) groups is 1. The van der Waals surface area contributed by atoms with Crippen LogP contribution in [0.4, 0.5) is 17.2 Å². The van der Waals surface area contributed by atoms with Crippen molar-refractivity contribution >= 4 is 34.0 Å². The summed E-state index contributed by atoms with van der Waals surface area (Å²) in [6.45, 7) is 5.62. The van der Waals surface area contributed by atoms with Gasteiger partial charge in [0.2, 0.25) is 0 Å². The molecule has 1 aliphatic heterocycles. The van der Waals surface area contributed by atoms with Gasteiger partial charge >= 0.3 is 0 Å².